The number of nitrogens with one attached hydrogen (secondary N) is 2. The Bertz CT molecular complexity index is 491. The van der Waals surface area contributed by atoms with E-state index < -0.39 is 11.5 Å². The summed E-state index contributed by atoms with van der Waals surface area (Å²) in [6.07, 6.45) is 2.08. The quantitative estimate of drug-likeness (QED) is 0.668. The van der Waals surface area contributed by atoms with Crippen LogP contribution in [-0.4, -0.2) is 34.1 Å². The lowest BCUT2D eigenvalue weighted by molar-refractivity contribution is 0.0942. The molecule has 1 saturated carbocycles. The molecule has 1 aromatic heterocycles. The van der Waals surface area contributed by atoms with Crippen LogP contribution in [0.3, 0.4) is 0 Å². The normalized spacial score (nSPS) is 14.7. The first kappa shape index (κ1) is 11.8. The number of aryl methyl sites for hydroxylation is 1. The summed E-state index contributed by atoms with van der Waals surface area (Å²) in [7, 11) is 0. The molecule has 0 spiro atoms. The second-order valence-electron chi connectivity index (χ2n) is 4.17. The number of aliphatic hydroxyl groups is 1. The number of carbonyl (C=O) groups is 1. The first-order valence-electron chi connectivity index (χ1n) is 5.63. The number of hydrogen-bond acceptors (Lipinski definition) is 4. The molecule has 0 atom stereocenters. The fraction of sp³-hybridized carbons (Fsp3) is 0.545. The number of rotatable bonds is 4. The Morgan fingerprint density at radius 2 is 2.29 bits per heavy atom. The third kappa shape index (κ3) is 2.52. The summed E-state index contributed by atoms with van der Waals surface area (Å²) in [6.45, 7) is 1.62. The van der Waals surface area contributed by atoms with Crippen LogP contribution < -0.4 is 10.9 Å². The number of aliphatic hydroxyl groups excluding tert-OH is 1. The van der Waals surface area contributed by atoms with E-state index in [9.17, 15) is 9.59 Å². The van der Waals surface area contributed by atoms with Crippen molar-refractivity contribution in [3.8, 4) is 0 Å². The molecule has 92 valence electrons. The van der Waals surface area contributed by atoms with Crippen molar-refractivity contribution in [2.75, 3.05) is 13.2 Å². The van der Waals surface area contributed by atoms with Gasteiger partial charge in [-0.1, -0.05) is 0 Å². The topological polar surface area (TPSA) is 95.1 Å². The zero-order chi connectivity index (χ0) is 12.4. The van der Waals surface area contributed by atoms with Crippen molar-refractivity contribution in [3.05, 3.63) is 27.4 Å². The number of nitrogens with zero attached hydrogens (tertiary/aromatic N) is 1. The Balaban J connectivity index is 2.28. The molecule has 17 heavy (non-hydrogen) atoms. The maximum absolute atomic E-state index is 11.8. The molecular formula is C11H15N3O3. The van der Waals surface area contributed by atoms with E-state index in [4.69, 9.17) is 5.11 Å². The Kier molecular flexibility index (Phi) is 3.23. The van der Waals surface area contributed by atoms with Gasteiger partial charge >= 0.3 is 0 Å². The third-order valence-electron chi connectivity index (χ3n) is 2.71. The zero-order valence-corrected chi connectivity index (χ0v) is 9.62. The molecule has 0 saturated heterocycles. The van der Waals surface area contributed by atoms with Crippen LogP contribution in [-0.2, 0) is 0 Å². The lowest BCUT2D eigenvalue weighted by Crippen LogP contribution is -2.33. The molecule has 1 aromatic rings. The standard InChI is InChI=1S/C11H15N3O3/c1-6-8(10(16)12-4-5-15)11(17)14-9(13-6)7-2-3-7/h7,15H,2-5H2,1H3,(H,12,16)(H,13,14,17). The molecule has 1 heterocycles. The molecule has 0 radical (unpaired) electrons. The molecule has 0 bridgehead atoms. The van der Waals surface area contributed by atoms with Crippen molar-refractivity contribution in [2.24, 2.45) is 0 Å². The molecule has 3 N–H and O–H groups in total. The lowest BCUT2D eigenvalue weighted by Gasteiger charge is -2.06. The molecule has 1 amide bonds. The molecule has 1 aliphatic rings. The van der Waals surface area contributed by atoms with Crippen LogP contribution in [0.4, 0.5) is 0 Å². The van der Waals surface area contributed by atoms with Gasteiger partial charge in [0.2, 0.25) is 0 Å². The van der Waals surface area contributed by atoms with Gasteiger partial charge < -0.3 is 15.4 Å². The highest BCUT2D eigenvalue weighted by Crippen LogP contribution is 2.37. The molecule has 6 nitrogen and oxygen atoms in total. The van der Waals surface area contributed by atoms with Gasteiger partial charge in [0.25, 0.3) is 11.5 Å². The van der Waals surface area contributed by atoms with Gasteiger partial charge in [-0.2, -0.15) is 0 Å². The minimum Gasteiger partial charge on any atom is -0.395 e. The van der Waals surface area contributed by atoms with Crippen LogP contribution in [0, 0.1) is 6.92 Å². The summed E-state index contributed by atoms with van der Waals surface area (Å²) in [5, 5.41) is 11.1. The van der Waals surface area contributed by atoms with Gasteiger partial charge in [0.05, 0.1) is 12.3 Å². The second-order valence-corrected chi connectivity index (χ2v) is 4.17. The molecule has 1 fully saturated rings. The minimum absolute atomic E-state index is 0.0304. The summed E-state index contributed by atoms with van der Waals surface area (Å²) >= 11 is 0. The predicted octanol–water partition coefficient (Wildman–Crippen LogP) is -0.322. The third-order valence-corrected chi connectivity index (χ3v) is 2.71. The van der Waals surface area contributed by atoms with Crippen LogP contribution in [0.5, 0.6) is 0 Å². The van der Waals surface area contributed by atoms with E-state index in [2.05, 4.69) is 15.3 Å². The fourth-order valence-corrected chi connectivity index (χ4v) is 1.68. The highest BCUT2D eigenvalue weighted by atomic mass is 16.3. The molecule has 1 aliphatic carbocycles. The van der Waals surface area contributed by atoms with E-state index in [0.717, 1.165) is 12.8 Å². The smallest absolute Gasteiger partial charge is 0.264 e. The number of carbonyl (C=O) groups excluding carboxylic acids is 1. The summed E-state index contributed by atoms with van der Waals surface area (Å²) in [5.41, 5.74) is 0.0591. The Morgan fingerprint density at radius 3 is 2.82 bits per heavy atom. The maximum atomic E-state index is 11.8. The number of H-pyrrole nitrogens is 1. The van der Waals surface area contributed by atoms with E-state index in [1.807, 2.05) is 0 Å². The van der Waals surface area contributed by atoms with Crippen molar-refractivity contribution in [1.29, 1.82) is 0 Å². The first-order chi connectivity index (χ1) is 8.13. The zero-order valence-electron chi connectivity index (χ0n) is 9.62. The average Bonchev–Trinajstić information content (AvgIpc) is 3.08. The Hall–Kier alpha value is -1.69. The molecule has 2 rings (SSSR count). The van der Waals surface area contributed by atoms with E-state index in [1.54, 1.807) is 6.92 Å². The molecule has 6 heteroatoms. The highest BCUT2D eigenvalue weighted by molar-refractivity contribution is 5.94. The summed E-state index contributed by atoms with van der Waals surface area (Å²) in [6, 6.07) is 0. The van der Waals surface area contributed by atoms with Crippen molar-refractivity contribution in [3.63, 3.8) is 0 Å². The summed E-state index contributed by atoms with van der Waals surface area (Å²) in [5.74, 6) is 0.523. The van der Waals surface area contributed by atoms with E-state index in [1.165, 1.54) is 0 Å². The molecule has 0 aliphatic heterocycles. The lowest BCUT2D eigenvalue weighted by atomic mass is 10.2. The Labute approximate surface area is 98.1 Å². The van der Waals surface area contributed by atoms with Crippen LogP contribution in [0.2, 0.25) is 0 Å². The van der Waals surface area contributed by atoms with Crippen LogP contribution in [0.1, 0.15) is 40.6 Å². The number of hydrogen-bond donors (Lipinski definition) is 3. The average molecular weight is 237 g/mol. The minimum atomic E-state index is -0.493. The predicted molar refractivity (Wildman–Crippen MR) is 61.0 cm³/mol. The monoisotopic (exact) mass is 237 g/mol. The van der Waals surface area contributed by atoms with E-state index in [0.29, 0.717) is 17.4 Å². The van der Waals surface area contributed by atoms with Crippen molar-refractivity contribution in [1.82, 2.24) is 15.3 Å². The van der Waals surface area contributed by atoms with Gasteiger partial charge in [-0.15, -0.1) is 0 Å². The highest BCUT2D eigenvalue weighted by Gasteiger charge is 2.27. The van der Waals surface area contributed by atoms with Gasteiger partial charge in [-0.25, -0.2) is 4.98 Å². The van der Waals surface area contributed by atoms with Crippen molar-refractivity contribution in [2.45, 2.75) is 25.7 Å². The summed E-state index contributed by atoms with van der Waals surface area (Å²) < 4.78 is 0. The Morgan fingerprint density at radius 1 is 1.59 bits per heavy atom. The van der Waals surface area contributed by atoms with Gasteiger partial charge in [-0.3, -0.25) is 9.59 Å². The van der Waals surface area contributed by atoms with Crippen LogP contribution >= 0.6 is 0 Å². The van der Waals surface area contributed by atoms with Gasteiger partial charge in [-0.05, 0) is 19.8 Å². The van der Waals surface area contributed by atoms with Crippen LogP contribution in [0.25, 0.3) is 0 Å². The fourth-order valence-electron chi connectivity index (χ4n) is 1.68. The van der Waals surface area contributed by atoms with Gasteiger partial charge in [0.1, 0.15) is 11.4 Å². The first-order valence-corrected chi connectivity index (χ1v) is 5.63. The number of aromatic amines is 1. The van der Waals surface area contributed by atoms with E-state index in [-0.39, 0.29) is 18.7 Å². The van der Waals surface area contributed by atoms with Gasteiger partial charge in [0, 0.05) is 12.5 Å². The van der Waals surface area contributed by atoms with Gasteiger partial charge in [0.15, 0.2) is 0 Å². The summed E-state index contributed by atoms with van der Waals surface area (Å²) in [4.78, 5) is 30.3. The number of amides is 1. The maximum Gasteiger partial charge on any atom is 0.264 e. The second kappa shape index (κ2) is 4.67. The van der Waals surface area contributed by atoms with Crippen molar-refractivity contribution < 1.29 is 9.90 Å². The molecule has 0 aromatic carbocycles. The van der Waals surface area contributed by atoms with Crippen LogP contribution in [0.15, 0.2) is 4.79 Å². The largest absolute Gasteiger partial charge is 0.395 e. The molecular weight excluding hydrogens is 222 g/mol. The van der Waals surface area contributed by atoms with E-state index >= 15 is 0 Å². The van der Waals surface area contributed by atoms with Crippen molar-refractivity contribution >= 4 is 5.91 Å². The SMILES string of the molecule is Cc1nc(C2CC2)[nH]c(=O)c1C(=O)NCCO. The number of aromatic nitrogens is 2. The molecule has 0 unspecified atom stereocenters.